The standard InChI is InChI=1S/C21H21FN6O5/c1-2-14-17(29)15(22)20(33-14)27-11-24-16-18(25-21-23-8-9-26(21)19(16)27)32-10-7-12-3-5-13(6-4-12)28(30)31/h3-6,8-9,11,14-15,17,20,29H,2,7,10H2,1H3/t14-,15-,17-,20-/m1/s1. The number of aliphatic hydroxyl groups is 1. The number of alkyl halides is 1. The van der Waals surface area contributed by atoms with E-state index in [4.69, 9.17) is 9.47 Å². The van der Waals surface area contributed by atoms with Gasteiger partial charge in [0.25, 0.3) is 5.69 Å². The highest BCUT2D eigenvalue weighted by atomic mass is 19.1. The van der Waals surface area contributed by atoms with Gasteiger partial charge in [-0.3, -0.25) is 19.1 Å². The number of nitrogens with zero attached hydrogens (tertiary/aromatic N) is 6. The van der Waals surface area contributed by atoms with Crippen molar-refractivity contribution in [2.75, 3.05) is 6.61 Å². The Morgan fingerprint density at radius 1 is 1.30 bits per heavy atom. The normalized spacial score (nSPS) is 22.9. The monoisotopic (exact) mass is 456 g/mol. The minimum Gasteiger partial charge on any atom is -0.476 e. The number of rotatable bonds is 7. The Hall–Kier alpha value is -3.64. The summed E-state index contributed by atoms with van der Waals surface area (Å²) in [6.45, 7) is 2.07. The van der Waals surface area contributed by atoms with Crippen LogP contribution in [0.1, 0.15) is 25.1 Å². The minimum atomic E-state index is -1.62. The average Bonchev–Trinajstić information content (AvgIpc) is 3.52. The molecule has 1 fully saturated rings. The number of nitro groups is 1. The highest BCUT2D eigenvalue weighted by Crippen LogP contribution is 2.36. The number of benzene rings is 1. The number of fused-ring (bicyclic) bond motifs is 3. The summed E-state index contributed by atoms with van der Waals surface area (Å²) >= 11 is 0. The summed E-state index contributed by atoms with van der Waals surface area (Å²) in [6.07, 6.45) is 1.15. The molecule has 11 nitrogen and oxygen atoms in total. The number of aliphatic hydroxyl groups excluding tert-OH is 1. The number of hydrogen-bond acceptors (Lipinski definition) is 8. The molecule has 4 aromatic rings. The molecule has 0 amide bonds. The second-order valence-electron chi connectivity index (χ2n) is 7.77. The van der Waals surface area contributed by atoms with Crippen LogP contribution in [0.2, 0.25) is 0 Å². The van der Waals surface area contributed by atoms with Crippen molar-refractivity contribution in [1.82, 2.24) is 23.9 Å². The van der Waals surface area contributed by atoms with E-state index in [2.05, 4.69) is 15.0 Å². The molecule has 12 heteroatoms. The number of halogens is 1. The van der Waals surface area contributed by atoms with Crippen molar-refractivity contribution in [1.29, 1.82) is 0 Å². The van der Waals surface area contributed by atoms with E-state index < -0.39 is 29.5 Å². The van der Waals surface area contributed by atoms with E-state index in [0.29, 0.717) is 29.8 Å². The summed E-state index contributed by atoms with van der Waals surface area (Å²) in [5, 5.41) is 21.0. The lowest BCUT2D eigenvalue weighted by atomic mass is 10.1. The lowest BCUT2D eigenvalue weighted by Gasteiger charge is -2.16. The van der Waals surface area contributed by atoms with Crippen LogP contribution in [0.15, 0.2) is 43.0 Å². The predicted molar refractivity (Wildman–Crippen MR) is 114 cm³/mol. The molecule has 4 heterocycles. The van der Waals surface area contributed by atoms with Crippen molar-refractivity contribution in [3.63, 3.8) is 0 Å². The Labute approximate surface area is 186 Å². The van der Waals surface area contributed by atoms with Gasteiger partial charge in [-0.2, -0.15) is 4.98 Å². The van der Waals surface area contributed by atoms with Crippen LogP contribution in [-0.2, 0) is 11.2 Å². The van der Waals surface area contributed by atoms with Crippen molar-refractivity contribution in [2.24, 2.45) is 0 Å². The van der Waals surface area contributed by atoms with Crippen molar-refractivity contribution in [3.05, 3.63) is 58.7 Å². The zero-order chi connectivity index (χ0) is 23.1. The van der Waals surface area contributed by atoms with Crippen LogP contribution in [0, 0.1) is 10.1 Å². The van der Waals surface area contributed by atoms with E-state index in [1.165, 1.54) is 23.0 Å². The van der Waals surface area contributed by atoms with Crippen LogP contribution < -0.4 is 4.74 Å². The molecule has 172 valence electrons. The van der Waals surface area contributed by atoms with Gasteiger partial charge in [0.2, 0.25) is 11.7 Å². The number of ether oxygens (including phenoxy) is 2. The van der Waals surface area contributed by atoms with Gasteiger partial charge in [-0.15, -0.1) is 0 Å². The number of nitro benzene ring substituents is 1. The lowest BCUT2D eigenvalue weighted by Crippen LogP contribution is -2.28. The first kappa shape index (κ1) is 21.2. The maximum Gasteiger partial charge on any atom is 0.269 e. The van der Waals surface area contributed by atoms with Crippen LogP contribution in [0.25, 0.3) is 16.9 Å². The van der Waals surface area contributed by atoms with Gasteiger partial charge < -0.3 is 14.6 Å². The Morgan fingerprint density at radius 2 is 2.09 bits per heavy atom. The minimum absolute atomic E-state index is 0.0223. The molecule has 0 aliphatic carbocycles. The van der Waals surface area contributed by atoms with Gasteiger partial charge in [0.1, 0.15) is 6.10 Å². The molecule has 1 aromatic carbocycles. The number of non-ortho nitro benzene ring substituents is 1. The second-order valence-corrected chi connectivity index (χ2v) is 7.77. The maximum absolute atomic E-state index is 14.9. The number of aromatic nitrogens is 5. The summed E-state index contributed by atoms with van der Waals surface area (Å²) in [7, 11) is 0. The molecular formula is C21H21FN6O5. The van der Waals surface area contributed by atoms with Crippen LogP contribution in [0.3, 0.4) is 0 Å². The summed E-state index contributed by atoms with van der Waals surface area (Å²) in [5.74, 6) is 0.570. The molecule has 0 unspecified atom stereocenters. The zero-order valence-electron chi connectivity index (χ0n) is 17.6. The van der Waals surface area contributed by atoms with Gasteiger partial charge in [0, 0.05) is 30.9 Å². The first-order valence-electron chi connectivity index (χ1n) is 10.5. The Bertz CT molecular complexity index is 1310. The van der Waals surface area contributed by atoms with Gasteiger partial charge in [-0.25, -0.2) is 14.4 Å². The van der Waals surface area contributed by atoms with Crippen molar-refractivity contribution in [3.8, 4) is 5.88 Å². The second kappa shape index (κ2) is 8.37. The van der Waals surface area contributed by atoms with Crippen LogP contribution >= 0.6 is 0 Å². The van der Waals surface area contributed by atoms with Crippen LogP contribution in [0.5, 0.6) is 5.88 Å². The van der Waals surface area contributed by atoms with Crippen molar-refractivity contribution in [2.45, 2.75) is 44.4 Å². The fourth-order valence-electron chi connectivity index (χ4n) is 4.03. The molecule has 0 radical (unpaired) electrons. The van der Waals surface area contributed by atoms with Gasteiger partial charge >= 0.3 is 0 Å². The molecule has 33 heavy (non-hydrogen) atoms. The first-order valence-corrected chi connectivity index (χ1v) is 10.5. The summed E-state index contributed by atoms with van der Waals surface area (Å²) in [4.78, 5) is 23.4. The maximum atomic E-state index is 14.9. The van der Waals surface area contributed by atoms with Crippen LogP contribution in [-0.4, -0.2) is 58.9 Å². The smallest absolute Gasteiger partial charge is 0.269 e. The van der Waals surface area contributed by atoms with Gasteiger partial charge in [0.15, 0.2) is 23.6 Å². The third-order valence-corrected chi connectivity index (χ3v) is 5.77. The fourth-order valence-corrected chi connectivity index (χ4v) is 4.03. The molecule has 1 saturated heterocycles. The van der Waals surface area contributed by atoms with E-state index in [1.54, 1.807) is 28.9 Å². The van der Waals surface area contributed by atoms with E-state index in [9.17, 15) is 19.6 Å². The molecule has 0 saturated carbocycles. The summed E-state index contributed by atoms with van der Waals surface area (Å²) in [6, 6.07) is 6.23. The largest absolute Gasteiger partial charge is 0.476 e. The molecule has 1 aliphatic heterocycles. The summed E-state index contributed by atoms with van der Waals surface area (Å²) < 4.78 is 29.7. The molecule has 0 bridgehead atoms. The highest BCUT2D eigenvalue weighted by Gasteiger charge is 2.45. The highest BCUT2D eigenvalue weighted by molar-refractivity contribution is 5.79. The van der Waals surface area contributed by atoms with Gasteiger partial charge in [-0.05, 0) is 12.0 Å². The number of imidazole rings is 2. The van der Waals surface area contributed by atoms with E-state index >= 15 is 0 Å². The van der Waals surface area contributed by atoms with E-state index in [0.717, 1.165) is 5.56 Å². The third kappa shape index (κ3) is 3.66. The fraction of sp³-hybridized carbons (Fsp3) is 0.381. The first-order chi connectivity index (χ1) is 16.0. The van der Waals surface area contributed by atoms with E-state index in [-0.39, 0.29) is 18.2 Å². The van der Waals surface area contributed by atoms with Crippen molar-refractivity contribution >= 4 is 22.6 Å². The topological polar surface area (TPSA) is 130 Å². The Balaban J connectivity index is 1.43. The van der Waals surface area contributed by atoms with E-state index in [1.807, 2.05) is 6.92 Å². The van der Waals surface area contributed by atoms with Gasteiger partial charge in [-0.1, -0.05) is 19.1 Å². The molecule has 5 rings (SSSR count). The molecule has 0 spiro atoms. The SMILES string of the molecule is CC[C@H]1O[C@@H](n2cnc3c(OCCc4ccc([N+](=O)[O-])cc4)nc4nccn4c32)[C@H](F)[C@@H]1O. The van der Waals surface area contributed by atoms with Crippen LogP contribution in [0.4, 0.5) is 10.1 Å². The van der Waals surface area contributed by atoms with Gasteiger partial charge in [0.05, 0.1) is 24.0 Å². The predicted octanol–water partition coefficient (Wildman–Crippen LogP) is 2.62. The Kier molecular flexibility index (Phi) is 5.38. The molecule has 1 N–H and O–H groups in total. The molecule has 3 aromatic heterocycles. The average molecular weight is 456 g/mol. The zero-order valence-corrected chi connectivity index (χ0v) is 17.6. The summed E-state index contributed by atoms with van der Waals surface area (Å²) in [5.41, 5.74) is 1.77. The molecule has 4 atom stereocenters. The quantitative estimate of drug-likeness (QED) is 0.332. The number of hydrogen-bond donors (Lipinski definition) is 1. The molecular weight excluding hydrogens is 435 g/mol. The van der Waals surface area contributed by atoms with Crippen molar-refractivity contribution < 1.29 is 23.9 Å². The molecule has 1 aliphatic rings. The lowest BCUT2D eigenvalue weighted by molar-refractivity contribution is -0.384. The Morgan fingerprint density at radius 3 is 2.79 bits per heavy atom. The third-order valence-electron chi connectivity index (χ3n) is 5.77.